The molecule has 1 aliphatic rings. The monoisotopic (exact) mass is 303 g/mol. The van der Waals surface area contributed by atoms with Crippen LogP contribution in [0.1, 0.15) is 31.7 Å². The maximum absolute atomic E-state index is 6.19. The maximum atomic E-state index is 6.19. The van der Waals surface area contributed by atoms with Gasteiger partial charge in [-0.1, -0.05) is 53.4 Å². The van der Waals surface area contributed by atoms with Gasteiger partial charge in [0.2, 0.25) is 0 Å². The Bertz CT molecular complexity index is 464. The maximum Gasteiger partial charge on any atom is 0.0679 e. The highest BCUT2D eigenvalue weighted by Crippen LogP contribution is 2.33. The first-order valence-corrected chi connectivity index (χ1v) is 7.31. The molecule has 0 atom stereocenters. The first-order chi connectivity index (χ1) is 8.61. The summed E-state index contributed by atoms with van der Waals surface area (Å²) in [5.41, 5.74) is 2.10. The fourth-order valence-electron chi connectivity index (χ4n) is 1.72. The highest BCUT2D eigenvalue weighted by molar-refractivity contribution is 6.44. The zero-order valence-electron chi connectivity index (χ0n) is 10.3. The third kappa shape index (κ3) is 3.64. The lowest BCUT2D eigenvalue weighted by atomic mass is 10.1. The van der Waals surface area contributed by atoms with Gasteiger partial charge < -0.3 is 5.32 Å². The van der Waals surface area contributed by atoms with Crippen LogP contribution in [0.4, 0.5) is 0 Å². The van der Waals surface area contributed by atoms with Crippen molar-refractivity contribution in [2.75, 3.05) is 6.54 Å². The Morgan fingerprint density at radius 2 is 1.94 bits per heavy atom. The Morgan fingerprint density at radius 3 is 2.56 bits per heavy atom. The molecule has 4 heteroatoms. The molecule has 0 bridgehead atoms. The molecule has 0 aliphatic heterocycles. The summed E-state index contributed by atoms with van der Waals surface area (Å²) in [4.78, 5) is 0. The Morgan fingerprint density at radius 1 is 1.28 bits per heavy atom. The van der Waals surface area contributed by atoms with Crippen molar-refractivity contribution < 1.29 is 0 Å². The van der Waals surface area contributed by atoms with E-state index < -0.39 is 0 Å². The van der Waals surface area contributed by atoms with Crippen LogP contribution in [0.2, 0.25) is 15.1 Å². The van der Waals surface area contributed by atoms with Gasteiger partial charge in [-0.2, -0.15) is 0 Å². The summed E-state index contributed by atoms with van der Waals surface area (Å²) >= 11 is 18.4. The molecule has 1 aromatic rings. The molecule has 0 saturated heterocycles. The van der Waals surface area contributed by atoms with Gasteiger partial charge in [0, 0.05) is 23.2 Å². The molecule has 1 aromatic carbocycles. The Kier molecular flexibility index (Phi) is 4.97. The predicted molar refractivity (Wildman–Crippen MR) is 80.8 cm³/mol. The molecule has 1 N–H and O–H groups in total. The van der Waals surface area contributed by atoms with Crippen molar-refractivity contribution in [1.82, 2.24) is 5.32 Å². The van der Waals surface area contributed by atoms with E-state index in [2.05, 4.69) is 12.2 Å². The first-order valence-electron chi connectivity index (χ1n) is 6.18. The van der Waals surface area contributed by atoms with E-state index in [4.69, 9.17) is 34.8 Å². The van der Waals surface area contributed by atoms with Crippen molar-refractivity contribution >= 4 is 40.9 Å². The van der Waals surface area contributed by atoms with E-state index in [-0.39, 0.29) is 0 Å². The average Bonchev–Trinajstić information content (AvgIpc) is 3.17. The van der Waals surface area contributed by atoms with Gasteiger partial charge in [0.15, 0.2) is 0 Å². The SMILES string of the molecule is CC/C(=C/c1c(Cl)ccc(Cl)c1Cl)CNC1CC1. The number of halogens is 3. The molecule has 0 aromatic heterocycles. The molecule has 0 amide bonds. The van der Waals surface area contributed by atoms with Gasteiger partial charge in [0.05, 0.1) is 10.0 Å². The summed E-state index contributed by atoms with van der Waals surface area (Å²) in [5, 5.41) is 5.20. The number of benzene rings is 1. The van der Waals surface area contributed by atoms with Crippen molar-refractivity contribution in [1.29, 1.82) is 0 Å². The molecule has 0 radical (unpaired) electrons. The molecule has 1 nitrogen and oxygen atoms in total. The number of rotatable bonds is 5. The van der Waals surface area contributed by atoms with E-state index >= 15 is 0 Å². The smallest absolute Gasteiger partial charge is 0.0679 e. The lowest BCUT2D eigenvalue weighted by molar-refractivity contribution is 0.723. The third-order valence-corrected chi connectivity index (χ3v) is 4.23. The second kappa shape index (κ2) is 6.29. The average molecular weight is 305 g/mol. The Balaban J connectivity index is 2.19. The van der Waals surface area contributed by atoms with Crippen molar-refractivity contribution in [3.63, 3.8) is 0 Å². The molecule has 0 unspecified atom stereocenters. The molecular weight excluding hydrogens is 289 g/mol. The number of hydrogen-bond acceptors (Lipinski definition) is 1. The Hall–Kier alpha value is -0.210. The largest absolute Gasteiger partial charge is 0.310 e. The first kappa shape index (κ1) is 14.2. The van der Waals surface area contributed by atoms with Gasteiger partial charge in [-0.15, -0.1) is 0 Å². The van der Waals surface area contributed by atoms with Gasteiger partial charge in [-0.25, -0.2) is 0 Å². The fourth-order valence-corrected chi connectivity index (χ4v) is 2.36. The fraction of sp³-hybridized carbons (Fsp3) is 0.429. The molecule has 1 saturated carbocycles. The minimum Gasteiger partial charge on any atom is -0.310 e. The van der Waals surface area contributed by atoms with E-state index in [0.29, 0.717) is 21.1 Å². The molecule has 98 valence electrons. The van der Waals surface area contributed by atoms with Crippen LogP contribution in [-0.4, -0.2) is 12.6 Å². The zero-order valence-corrected chi connectivity index (χ0v) is 12.5. The molecule has 1 fully saturated rings. The van der Waals surface area contributed by atoms with Crippen LogP contribution >= 0.6 is 34.8 Å². The molecule has 0 spiro atoms. The second-order valence-electron chi connectivity index (χ2n) is 4.57. The van der Waals surface area contributed by atoms with Gasteiger partial charge in [0.1, 0.15) is 0 Å². The molecule has 18 heavy (non-hydrogen) atoms. The minimum absolute atomic E-state index is 0.529. The van der Waals surface area contributed by atoms with Crippen LogP contribution in [0.3, 0.4) is 0 Å². The van der Waals surface area contributed by atoms with E-state index in [0.717, 1.165) is 18.5 Å². The predicted octanol–water partition coefficient (Wildman–Crippen LogP) is 5.19. The summed E-state index contributed by atoms with van der Waals surface area (Å²) in [5.74, 6) is 0. The summed E-state index contributed by atoms with van der Waals surface area (Å²) in [6, 6.07) is 4.20. The highest BCUT2D eigenvalue weighted by Gasteiger charge is 2.20. The number of nitrogens with one attached hydrogen (secondary N) is 1. The van der Waals surface area contributed by atoms with E-state index in [9.17, 15) is 0 Å². The van der Waals surface area contributed by atoms with Crippen LogP contribution in [0.25, 0.3) is 6.08 Å². The normalized spacial score (nSPS) is 16.1. The highest BCUT2D eigenvalue weighted by atomic mass is 35.5. The summed E-state index contributed by atoms with van der Waals surface area (Å²) in [7, 11) is 0. The van der Waals surface area contributed by atoms with Crippen molar-refractivity contribution in [2.45, 2.75) is 32.2 Å². The van der Waals surface area contributed by atoms with E-state index in [1.54, 1.807) is 12.1 Å². The Labute approximate surface area is 123 Å². The summed E-state index contributed by atoms with van der Waals surface area (Å²) in [6.07, 6.45) is 5.59. The molecule has 2 rings (SSSR count). The van der Waals surface area contributed by atoms with E-state index in [1.165, 1.54) is 18.4 Å². The lowest BCUT2D eigenvalue weighted by Gasteiger charge is -2.09. The topological polar surface area (TPSA) is 12.0 Å². The van der Waals surface area contributed by atoms with Gasteiger partial charge in [-0.05, 0) is 31.4 Å². The van der Waals surface area contributed by atoms with Crippen molar-refractivity contribution in [3.05, 3.63) is 38.3 Å². The number of hydrogen-bond donors (Lipinski definition) is 1. The van der Waals surface area contributed by atoms with E-state index in [1.807, 2.05) is 6.08 Å². The van der Waals surface area contributed by atoms with Gasteiger partial charge >= 0.3 is 0 Å². The van der Waals surface area contributed by atoms with Crippen LogP contribution in [0.5, 0.6) is 0 Å². The van der Waals surface area contributed by atoms with Crippen LogP contribution in [0, 0.1) is 0 Å². The molecular formula is C14H16Cl3N. The van der Waals surface area contributed by atoms with Crippen molar-refractivity contribution in [2.24, 2.45) is 0 Å². The van der Waals surface area contributed by atoms with Gasteiger partial charge in [-0.3, -0.25) is 0 Å². The zero-order chi connectivity index (χ0) is 13.1. The second-order valence-corrected chi connectivity index (χ2v) is 5.76. The minimum atomic E-state index is 0.529. The van der Waals surface area contributed by atoms with Crippen LogP contribution < -0.4 is 5.32 Å². The molecule has 1 aliphatic carbocycles. The lowest BCUT2D eigenvalue weighted by Crippen LogP contribution is -2.18. The van der Waals surface area contributed by atoms with Crippen LogP contribution in [0.15, 0.2) is 17.7 Å². The standard InChI is InChI=1S/C14H16Cl3N/c1-2-9(8-18-10-3-4-10)7-11-12(15)5-6-13(16)14(11)17/h5-7,10,18H,2-4,8H2,1H3/b9-7-. The van der Waals surface area contributed by atoms with Crippen molar-refractivity contribution in [3.8, 4) is 0 Å². The molecule has 0 heterocycles. The summed E-state index contributed by atoms with van der Waals surface area (Å²) in [6.45, 7) is 3.02. The van der Waals surface area contributed by atoms with Crippen LogP contribution in [-0.2, 0) is 0 Å². The third-order valence-electron chi connectivity index (χ3n) is 3.08. The summed E-state index contributed by atoms with van der Waals surface area (Å²) < 4.78 is 0. The quantitative estimate of drug-likeness (QED) is 0.738. The van der Waals surface area contributed by atoms with Gasteiger partial charge in [0.25, 0.3) is 0 Å².